The van der Waals surface area contributed by atoms with Gasteiger partial charge in [-0.2, -0.15) is 0 Å². The zero-order chi connectivity index (χ0) is 15.8. The minimum absolute atomic E-state index is 0.132. The molecular formula is C15H17BrN4O2. The number of nitrogens with one attached hydrogen (secondary N) is 2. The fourth-order valence-electron chi connectivity index (χ4n) is 1.79. The first-order valence-electron chi connectivity index (χ1n) is 6.78. The highest BCUT2D eigenvalue weighted by Gasteiger charge is 2.06. The van der Waals surface area contributed by atoms with Crippen LogP contribution in [-0.4, -0.2) is 36.4 Å². The van der Waals surface area contributed by atoms with Gasteiger partial charge in [0.1, 0.15) is 5.82 Å². The molecule has 2 aromatic rings. The fraction of sp³-hybridized carbons (Fsp3) is 0.267. The molecule has 22 heavy (non-hydrogen) atoms. The number of carbonyl (C=O) groups is 1. The first-order valence-corrected chi connectivity index (χ1v) is 7.57. The molecule has 0 bridgehead atoms. The fourth-order valence-corrected chi connectivity index (χ4v) is 2.24. The Morgan fingerprint density at radius 2 is 2.00 bits per heavy atom. The zero-order valence-electron chi connectivity index (χ0n) is 12.2. The summed E-state index contributed by atoms with van der Waals surface area (Å²) in [6.07, 6.45) is 0.287. The van der Waals surface area contributed by atoms with Crippen molar-refractivity contribution in [1.82, 2.24) is 10.2 Å². The van der Waals surface area contributed by atoms with Gasteiger partial charge in [-0.05, 0) is 29.8 Å². The van der Waals surface area contributed by atoms with Crippen LogP contribution in [-0.2, 0) is 16.0 Å². The Labute approximate surface area is 137 Å². The van der Waals surface area contributed by atoms with E-state index in [9.17, 15) is 4.79 Å². The molecule has 0 aliphatic heterocycles. The van der Waals surface area contributed by atoms with Gasteiger partial charge < -0.3 is 15.4 Å². The summed E-state index contributed by atoms with van der Waals surface area (Å²) in [5.41, 5.74) is 0.928. The molecule has 6 nitrogen and oxygen atoms in total. The number of nitrogens with zero attached hydrogens (tertiary/aromatic N) is 2. The third-order valence-electron chi connectivity index (χ3n) is 2.80. The van der Waals surface area contributed by atoms with E-state index < -0.39 is 0 Å². The van der Waals surface area contributed by atoms with Crippen LogP contribution in [0.4, 0.5) is 11.6 Å². The highest BCUT2D eigenvalue weighted by atomic mass is 79.9. The van der Waals surface area contributed by atoms with Crippen molar-refractivity contribution in [2.75, 3.05) is 30.9 Å². The molecule has 2 rings (SSSR count). The van der Waals surface area contributed by atoms with Crippen LogP contribution in [0.25, 0.3) is 0 Å². The average molecular weight is 365 g/mol. The summed E-state index contributed by atoms with van der Waals surface area (Å²) >= 11 is 3.38. The van der Waals surface area contributed by atoms with Crippen LogP contribution in [0.1, 0.15) is 5.56 Å². The lowest BCUT2D eigenvalue weighted by atomic mass is 10.1. The number of hydrogen-bond acceptors (Lipinski definition) is 5. The Bertz CT molecular complexity index is 619. The number of amides is 1. The van der Waals surface area contributed by atoms with Crippen LogP contribution in [0.3, 0.4) is 0 Å². The highest BCUT2D eigenvalue weighted by Crippen LogP contribution is 2.13. The molecule has 0 fully saturated rings. The van der Waals surface area contributed by atoms with Crippen LogP contribution in [0.2, 0.25) is 0 Å². The Morgan fingerprint density at radius 1 is 1.23 bits per heavy atom. The van der Waals surface area contributed by atoms with Gasteiger partial charge in [0.05, 0.1) is 13.0 Å². The molecule has 7 heteroatoms. The highest BCUT2D eigenvalue weighted by molar-refractivity contribution is 9.10. The standard InChI is InChI=1S/C15H17BrN4O2/c1-22-8-7-17-13-5-6-14(20-19-13)18-15(21)10-11-3-2-4-12(16)9-11/h2-6,9H,7-8,10H2,1H3,(H,17,19)(H,18,20,21). The van der Waals surface area contributed by atoms with E-state index in [1.165, 1.54) is 0 Å². The molecule has 0 saturated carbocycles. The number of hydrogen-bond donors (Lipinski definition) is 2. The summed E-state index contributed by atoms with van der Waals surface area (Å²) in [4.78, 5) is 12.0. The van der Waals surface area contributed by atoms with Crippen LogP contribution in [0, 0.1) is 0 Å². The van der Waals surface area contributed by atoms with E-state index >= 15 is 0 Å². The molecule has 1 aromatic heterocycles. The Hall–Kier alpha value is -1.99. The summed E-state index contributed by atoms with van der Waals surface area (Å²) in [5.74, 6) is 0.937. The zero-order valence-corrected chi connectivity index (χ0v) is 13.8. The summed E-state index contributed by atoms with van der Waals surface area (Å²) < 4.78 is 5.88. The van der Waals surface area contributed by atoms with Crippen molar-refractivity contribution < 1.29 is 9.53 Å². The third kappa shape index (κ3) is 5.42. The summed E-state index contributed by atoms with van der Waals surface area (Å²) in [6, 6.07) is 11.1. The number of carbonyl (C=O) groups excluding carboxylic acids is 1. The van der Waals surface area contributed by atoms with Crippen LogP contribution >= 0.6 is 15.9 Å². The minimum atomic E-state index is -0.132. The molecule has 0 aliphatic rings. The van der Waals surface area contributed by atoms with Gasteiger partial charge in [0.25, 0.3) is 0 Å². The van der Waals surface area contributed by atoms with E-state index in [1.54, 1.807) is 19.2 Å². The van der Waals surface area contributed by atoms with Gasteiger partial charge in [-0.15, -0.1) is 10.2 Å². The monoisotopic (exact) mass is 364 g/mol. The van der Waals surface area contributed by atoms with E-state index in [0.717, 1.165) is 10.0 Å². The van der Waals surface area contributed by atoms with Crippen molar-refractivity contribution in [3.8, 4) is 0 Å². The SMILES string of the molecule is COCCNc1ccc(NC(=O)Cc2cccc(Br)c2)nn1. The van der Waals surface area contributed by atoms with E-state index in [1.807, 2.05) is 24.3 Å². The van der Waals surface area contributed by atoms with Crippen LogP contribution in [0.5, 0.6) is 0 Å². The van der Waals surface area contributed by atoms with Crippen molar-refractivity contribution in [3.63, 3.8) is 0 Å². The summed E-state index contributed by atoms with van der Waals surface area (Å²) in [7, 11) is 1.64. The van der Waals surface area contributed by atoms with E-state index in [-0.39, 0.29) is 12.3 Å². The van der Waals surface area contributed by atoms with Crippen molar-refractivity contribution in [2.45, 2.75) is 6.42 Å². The molecule has 0 aliphatic carbocycles. The predicted molar refractivity (Wildman–Crippen MR) is 88.9 cm³/mol. The molecule has 116 valence electrons. The van der Waals surface area contributed by atoms with Gasteiger partial charge >= 0.3 is 0 Å². The number of halogens is 1. The molecule has 0 unspecified atom stereocenters. The molecular weight excluding hydrogens is 348 g/mol. The molecule has 1 amide bonds. The Kier molecular flexibility index (Phi) is 6.29. The van der Waals surface area contributed by atoms with Crippen molar-refractivity contribution >= 4 is 33.5 Å². The lowest BCUT2D eigenvalue weighted by molar-refractivity contribution is -0.115. The van der Waals surface area contributed by atoms with Gasteiger partial charge in [-0.25, -0.2) is 0 Å². The first kappa shape index (κ1) is 16.4. The normalized spacial score (nSPS) is 10.3. The van der Waals surface area contributed by atoms with Gasteiger partial charge in [0.15, 0.2) is 5.82 Å². The number of ether oxygens (including phenoxy) is 1. The first-order chi connectivity index (χ1) is 10.7. The number of anilines is 2. The Morgan fingerprint density at radius 3 is 2.68 bits per heavy atom. The van der Waals surface area contributed by atoms with Gasteiger partial charge in [-0.3, -0.25) is 4.79 Å². The molecule has 0 saturated heterocycles. The Balaban J connectivity index is 1.86. The van der Waals surface area contributed by atoms with Crippen LogP contribution in [0.15, 0.2) is 40.9 Å². The second kappa shape index (κ2) is 8.45. The van der Waals surface area contributed by atoms with Crippen molar-refractivity contribution in [3.05, 3.63) is 46.4 Å². The molecule has 2 N–H and O–H groups in total. The quantitative estimate of drug-likeness (QED) is 0.738. The third-order valence-corrected chi connectivity index (χ3v) is 3.29. The molecule has 1 heterocycles. The summed E-state index contributed by atoms with van der Waals surface area (Å²) in [5, 5.41) is 13.7. The number of benzene rings is 1. The topological polar surface area (TPSA) is 76.1 Å². The van der Waals surface area contributed by atoms with Gasteiger partial charge in [0.2, 0.25) is 5.91 Å². The lowest BCUT2D eigenvalue weighted by Gasteiger charge is -2.06. The second-order valence-electron chi connectivity index (χ2n) is 4.58. The maximum Gasteiger partial charge on any atom is 0.229 e. The number of aromatic nitrogens is 2. The maximum absolute atomic E-state index is 12.0. The average Bonchev–Trinajstić information content (AvgIpc) is 2.49. The van der Waals surface area contributed by atoms with Crippen molar-refractivity contribution in [2.24, 2.45) is 0 Å². The predicted octanol–water partition coefficient (Wildman–Crippen LogP) is 2.48. The van der Waals surface area contributed by atoms with Gasteiger partial charge in [0, 0.05) is 18.1 Å². The van der Waals surface area contributed by atoms with E-state index in [0.29, 0.717) is 24.8 Å². The molecule has 0 radical (unpaired) electrons. The number of methoxy groups -OCH3 is 1. The largest absolute Gasteiger partial charge is 0.383 e. The van der Waals surface area contributed by atoms with Gasteiger partial charge in [-0.1, -0.05) is 28.1 Å². The molecule has 1 aromatic carbocycles. The number of rotatable bonds is 7. The van der Waals surface area contributed by atoms with E-state index in [4.69, 9.17) is 4.74 Å². The smallest absolute Gasteiger partial charge is 0.229 e. The van der Waals surface area contributed by atoms with Crippen LogP contribution < -0.4 is 10.6 Å². The summed E-state index contributed by atoms with van der Waals surface area (Å²) in [6.45, 7) is 1.24. The molecule has 0 spiro atoms. The van der Waals surface area contributed by atoms with E-state index in [2.05, 4.69) is 36.8 Å². The van der Waals surface area contributed by atoms with Crippen molar-refractivity contribution in [1.29, 1.82) is 0 Å². The molecule has 0 atom stereocenters. The lowest BCUT2D eigenvalue weighted by Crippen LogP contribution is -2.16. The minimum Gasteiger partial charge on any atom is -0.383 e. The second-order valence-corrected chi connectivity index (χ2v) is 5.49. The maximum atomic E-state index is 12.0.